The zero-order valence-corrected chi connectivity index (χ0v) is 12.4. The number of anilines is 1. The van der Waals surface area contributed by atoms with Gasteiger partial charge in [0, 0.05) is 13.1 Å². The van der Waals surface area contributed by atoms with Crippen LogP contribution in [0.15, 0.2) is 4.21 Å². The molecule has 1 fully saturated rings. The highest BCUT2D eigenvalue weighted by atomic mass is 32.2. The van der Waals surface area contributed by atoms with Crippen molar-refractivity contribution < 1.29 is 8.42 Å². The Bertz CT molecular complexity index is 524. The van der Waals surface area contributed by atoms with Crippen LogP contribution in [0.5, 0.6) is 0 Å². The molecule has 1 saturated heterocycles. The molecule has 1 aromatic rings. The zero-order valence-electron chi connectivity index (χ0n) is 10.7. The second-order valence-electron chi connectivity index (χ2n) is 4.87. The van der Waals surface area contributed by atoms with E-state index in [0.717, 1.165) is 30.6 Å². The smallest absolute Gasteiger partial charge is 0.254 e. The fraction of sp³-hybridized carbons (Fsp3) is 0.727. The predicted octanol–water partition coefficient (Wildman–Crippen LogP) is 1.84. The largest absolute Gasteiger partial charge is 0.375 e. The molecule has 1 aliphatic rings. The third-order valence-electron chi connectivity index (χ3n) is 3.32. The van der Waals surface area contributed by atoms with E-state index >= 15 is 0 Å². The van der Waals surface area contributed by atoms with Crippen molar-refractivity contribution in [3.63, 3.8) is 0 Å². The van der Waals surface area contributed by atoms with Gasteiger partial charge in [-0.25, -0.2) is 13.4 Å². The minimum absolute atomic E-state index is 0.301. The van der Waals surface area contributed by atoms with Crippen molar-refractivity contribution >= 4 is 26.5 Å². The fourth-order valence-electron chi connectivity index (χ4n) is 2.24. The lowest BCUT2D eigenvalue weighted by Gasteiger charge is -2.19. The van der Waals surface area contributed by atoms with Gasteiger partial charge in [0.1, 0.15) is 0 Å². The highest BCUT2D eigenvalue weighted by molar-refractivity contribution is 7.91. The number of nitrogens with zero attached hydrogens (tertiary/aromatic N) is 2. The van der Waals surface area contributed by atoms with E-state index in [4.69, 9.17) is 5.73 Å². The minimum atomic E-state index is -3.41. The Balaban J connectivity index is 2.28. The van der Waals surface area contributed by atoms with Gasteiger partial charge in [0.05, 0.1) is 5.69 Å². The molecular weight excluding hydrogens is 270 g/mol. The molecule has 0 saturated carbocycles. The first-order chi connectivity index (χ1) is 8.41. The molecule has 1 unspecified atom stereocenters. The monoisotopic (exact) mass is 289 g/mol. The van der Waals surface area contributed by atoms with Crippen molar-refractivity contribution in [3.05, 3.63) is 5.69 Å². The molecule has 0 aromatic carbocycles. The molecule has 18 heavy (non-hydrogen) atoms. The summed E-state index contributed by atoms with van der Waals surface area (Å²) < 4.78 is 26.9. The Labute approximate surface area is 112 Å². The second kappa shape index (κ2) is 5.14. The van der Waals surface area contributed by atoms with Gasteiger partial charge in [-0.1, -0.05) is 18.3 Å². The summed E-state index contributed by atoms with van der Waals surface area (Å²) in [4.78, 5) is 4.00. The maximum atomic E-state index is 12.5. The van der Waals surface area contributed by atoms with Crippen LogP contribution < -0.4 is 5.73 Å². The number of nitrogens with two attached hydrogens (primary N) is 1. The van der Waals surface area contributed by atoms with Crippen LogP contribution in [0.3, 0.4) is 0 Å². The van der Waals surface area contributed by atoms with Gasteiger partial charge in [-0.15, -0.1) is 0 Å². The van der Waals surface area contributed by atoms with Gasteiger partial charge in [0.15, 0.2) is 9.34 Å². The Morgan fingerprint density at radius 2 is 2.11 bits per heavy atom. The minimum Gasteiger partial charge on any atom is -0.375 e. The summed E-state index contributed by atoms with van der Waals surface area (Å²) in [6, 6.07) is 0. The first kappa shape index (κ1) is 13.8. The summed E-state index contributed by atoms with van der Waals surface area (Å²) in [6.45, 7) is 5.07. The number of hydrogen-bond donors (Lipinski definition) is 1. The van der Waals surface area contributed by atoms with Crippen LogP contribution in [-0.2, 0) is 10.0 Å². The Hall–Kier alpha value is -0.660. The number of aryl methyl sites for hydroxylation is 1. The Morgan fingerprint density at radius 3 is 2.72 bits per heavy atom. The van der Waals surface area contributed by atoms with Gasteiger partial charge in [0.2, 0.25) is 0 Å². The number of thiazole rings is 1. The zero-order chi connectivity index (χ0) is 13.3. The molecule has 1 aliphatic heterocycles. The van der Waals surface area contributed by atoms with Crippen molar-refractivity contribution in [1.29, 1.82) is 0 Å². The third-order valence-corrected chi connectivity index (χ3v) is 6.79. The molecule has 2 rings (SSSR count). The van der Waals surface area contributed by atoms with Crippen LogP contribution in [0.2, 0.25) is 0 Å². The normalized spacial score (nSPS) is 22.9. The van der Waals surface area contributed by atoms with Crippen molar-refractivity contribution in [2.45, 2.75) is 37.3 Å². The lowest BCUT2D eigenvalue weighted by atomic mass is 10.0. The Kier molecular flexibility index (Phi) is 3.93. The quantitative estimate of drug-likeness (QED) is 0.901. The van der Waals surface area contributed by atoms with E-state index in [2.05, 4.69) is 11.9 Å². The van der Waals surface area contributed by atoms with Gasteiger partial charge in [-0.3, -0.25) is 0 Å². The van der Waals surface area contributed by atoms with Gasteiger partial charge >= 0.3 is 0 Å². The van der Waals surface area contributed by atoms with Gasteiger partial charge in [0.25, 0.3) is 10.0 Å². The molecule has 1 atom stereocenters. The molecular formula is C11H19N3O2S2. The molecule has 0 amide bonds. The summed E-state index contributed by atoms with van der Waals surface area (Å²) >= 11 is 1.06. The van der Waals surface area contributed by atoms with Gasteiger partial charge < -0.3 is 5.73 Å². The van der Waals surface area contributed by atoms with Gasteiger partial charge in [-0.05, 0) is 32.1 Å². The van der Waals surface area contributed by atoms with Crippen LogP contribution >= 0.6 is 11.3 Å². The maximum Gasteiger partial charge on any atom is 0.254 e. The SMILES string of the molecule is Cc1nc(N)sc1S(=O)(=O)N1CCCC(C)CC1. The number of sulfonamides is 1. The standard InChI is InChI=1S/C11H19N3O2S2/c1-8-4-3-6-14(7-5-8)18(15,16)10-9(2)13-11(12)17-10/h8H,3-7H2,1-2H3,(H2,12,13). The number of nitrogen functional groups attached to an aromatic ring is 1. The summed E-state index contributed by atoms with van der Waals surface area (Å²) in [7, 11) is -3.41. The topological polar surface area (TPSA) is 76.3 Å². The molecule has 2 N–H and O–H groups in total. The van der Waals surface area contributed by atoms with E-state index in [1.54, 1.807) is 11.2 Å². The van der Waals surface area contributed by atoms with Gasteiger partial charge in [-0.2, -0.15) is 4.31 Å². The van der Waals surface area contributed by atoms with Crippen LogP contribution in [0.4, 0.5) is 5.13 Å². The van der Waals surface area contributed by atoms with Crippen LogP contribution in [0, 0.1) is 12.8 Å². The average Bonchev–Trinajstić information content (AvgIpc) is 2.49. The molecule has 0 aliphatic carbocycles. The summed E-state index contributed by atoms with van der Waals surface area (Å²) in [6.07, 6.45) is 2.94. The molecule has 2 heterocycles. The number of hydrogen-bond acceptors (Lipinski definition) is 5. The molecule has 0 radical (unpaired) electrons. The van der Waals surface area contributed by atoms with Crippen LogP contribution in [-0.4, -0.2) is 30.8 Å². The van der Waals surface area contributed by atoms with Crippen molar-refractivity contribution in [2.75, 3.05) is 18.8 Å². The Morgan fingerprint density at radius 1 is 1.39 bits per heavy atom. The lowest BCUT2D eigenvalue weighted by Crippen LogP contribution is -2.32. The maximum absolute atomic E-state index is 12.5. The average molecular weight is 289 g/mol. The highest BCUT2D eigenvalue weighted by Gasteiger charge is 2.30. The molecule has 5 nitrogen and oxygen atoms in total. The second-order valence-corrected chi connectivity index (χ2v) is 8.03. The van der Waals surface area contributed by atoms with E-state index in [9.17, 15) is 8.42 Å². The first-order valence-corrected chi connectivity index (χ1v) is 8.40. The summed E-state index contributed by atoms with van der Waals surface area (Å²) in [5.41, 5.74) is 6.09. The summed E-state index contributed by atoms with van der Waals surface area (Å²) in [5, 5.41) is 0.314. The van der Waals surface area contributed by atoms with E-state index < -0.39 is 10.0 Å². The first-order valence-electron chi connectivity index (χ1n) is 6.14. The third kappa shape index (κ3) is 2.67. The van der Waals surface area contributed by atoms with E-state index in [1.807, 2.05) is 0 Å². The predicted molar refractivity (Wildman–Crippen MR) is 73.0 cm³/mol. The highest BCUT2D eigenvalue weighted by Crippen LogP contribution is 2.30. The van der Waals surface area contributed by atoms with E-state index in [-0.39, 0.29) is 0 Å². The summed E-state index contributed by atoms with van der Waals surface area (Å²) in [5.74, 6) is 0.595. The van der Waals surface area contributed by atoms with Crippen LogP contribution in [0.1, 0.15) is 31.9 Å². The van der Waals surface area contributed by atoms with Crippen molar-refractivity contribution in [1.82, 2.24) is 9.29 Å². The molecule has 7 heteroatoms. The molecule has 1 aromatic heterocycles. The molecule has 102 valence electrons. The number of aromatic nitrogens is 1. The van der Waals surface area contributed by atoms with Crippen molar-refractivity contribution in [2.24, 2.45) is 5.92 Å². The number of rotatable bonds is 2. The van der Waals surface area contributed by atoms with Crippen molar-refractivity contribution in [3.8, 4) is 0 Å². The molecule has 0 bridgehead atoms. The van der Waals surface area contributed by atoms with Crippen LogP contribution in [0.25, 0.3) is 0 Å². The lowest BCUT2D eigenvalue weighted by molar-refractivity contribution is 0.417. The molecule has 0 spiro atoms. The fourth-order valence-corrected chi connectivity index (χ4v) is 5.16. The van der Waals surface area contributed by atoms with E-state index in [0.29, 0.717) is 34.0 Å². The van der Waals surface area contributed by atoms with E-state index in [1.165, 1.54) is 0 Å².